The van der Waals surface area contributed by atoms with Crippen LogP contribution in [-0.4, -0.2) is 39.4 Å². The maximum Gasteiger partial charge on any atom is 0.331 e. The number of halogens is 2. The van der Waals surface area contributed by atoms with Gasteiger partial charge in [0.05, 0.1) is 11.5 Å². The average molecular weight is 365 g/mol. The van der Waals surface area contributed by atoms with Gasteiger partial charge >= 0.3 is 5.97 Å². The van der Waals surface area contributed by atoms with Gasteiger partial charge in [0.1, 0.15) is 6.10 Å². The Morgan fingerprint density at radius 3 is 2.35 bits per heavy atom. The average Bonchev–Trinajstić information content (AvgIpc) is 2.51. The number of nitro groups is 1. The summed E-state index contributed by atoms with van der Waals surface area (Å²) in [6, 6.07) is 3.40. The number of rotatable bonds is 7. The molecule has 0 bridgehead atoms. The highest BCUT2D eigenvalue weighted by molar-refractivity contribution is 6.53. The summed E-state index contributed by atoms with van der Waals surface area (Å²) in [6.45, 7) is 1.59. The molecular formula is C13H14Cl2N2O6. The van der Waals surface area contributed by atoms with E-state index in [0.717, 1.165) is 12.1 Å². The fraction of sp³-hybridized carbons (Fsp3) is 0.385. The van der Waals surface area contributed by atoms with E-state index in [2.05, 4.69) is 5.32 Å². The van der Waals surface area contributed by atoms with E-state index in [1.54, 1.807) is 6.92 Å². The minimum Gasteiger partial charge on any atom is -0.464 e. The molecule has 0 aliphatic rings. The van der Waals surface area contributed by atoms with E-state index in [1.165, 1.54) is 12.1 Å². The largest absolute Gasteiger partial charge is 0.464 e. The second-order valence-electron chi connectivity index (χ2n) is 4.33. The zero-order valence-corrected chi connectivity index (χ0v) is 13.5. The summed E-state index contributed by atoms with van der Waals surface area (Å²) in [5, 5.41) is 23.1. The maximum atomic E-state index is 11.9. The highest BCUT2D eigenvalue weighted by Gasteiger charge is 2.32. The molecule has 0 heterocycles. The van der Waals surface area contributed by atoms with Gasteiger partial charge in [0.25, 0.3) is 11.6 Å². The molecule has 0 aromatic heterocycles. The van der Waals surface area contributed by atoms with Crippen LogP contribution in [0.1, 0.15) is 18.6 Å². The van der Waals surface area contributed by atoms with Crippen LogP contribution in [-0.2, 0) is 14.3 Å². The number of esters is 1. The summed E-state index contributed by atoms with van der Waals surface area (Å²) in [5.41, 5.74) is -0.00565. The topological polar surface area (TPSA) is 119 Å². The lowest BCUT2D eigenvalue weighted by atomic mass is 10.0. The van der Waals surface area contributed by atoms with Gasteiger partial charge < -0.3 is 15.2 Å². The molecule has 2 N–H and O–H groups in total. The van der Waals surface area contributed by atoms with Gasteiger partial charge in [-0.3, -0.25) is 14.9 Å². The number of nitrogens with one attached hydrogen (secondary N) is 1. The molecule has 0 spiro atoms. The third-order valence-corrected chi connectivity index (χ3v) is 3.19. The van der Waals surface area contributed by atoms with Crippen LogP contribution in [0, 0.1) is 10.1 Å². The van der Waals surface area contributed by atoms with E-state index in [1.807, 2.05) is 0 Å². The molecule has 0 radical (unpaired) electrons. The van der Waals surface area contributed by atoms with Gasteiger partial charge in [0, 0.05) is 12.1 Å². The molecule has 0 aliphatic heterocycles. The molecule has 2 atom stereocenters. The smallest absolute Gasteiger partial charge is 0.331 e. The number of hydrogen-bond acceptors (Lipinski definition) is 6. The van der Waals surface area contributed by atoms with Crippen LogP contribution >= 0.6 is 23.2 Å². The van der Waals surface area contributed by atoms with E-state index < -0.39 is 33.8 Å². The highest BCUT2D eigenvalue weighted by atomic mass is 35.5. The summed E-state index contributed by atoms with van der Waals surface area (Å²) in [5.74, 6) is -1.77. The molecule has 0 aliphatic carbocycles. The van der Waals surface area contributed by atoms with E-state index in [0.29, 0.717) is 0 Å². The Morgan fingerprint density at radius 2 is 1.91 bits per heavy atom. The third kappa shape index (κ3) is 5.34. The fourth-order valence-corrected chi connectivity index (χ4v) is 1.83. The van der Waals surface area contributed by atoms with Crippen LogP contribution in [0.2, 0.25) is 0 Å². The van der Waals surface area contributed by atoms with Crippen molar-refractivity contribution >= 4 is 40.8 Å². The van der Waals surface area contributed by atoms with E-state index in [-0.39, 0.29) is 17.9 Å². The van der Waals surface area contributed by atoms with Gasteiger partial charge in [-0.05, 0) is 24.6 Å². The monoisotopic (exact) mass is 364 g/mol. The van der Waals surface area contributed by atoms with Crippen molar-refractivity contribution in [2.24, 2.45) is 0 Å². The Labute approximate surface area is 141 Å². The molecule has 1 rings (SSSR count). The Balaban J connectivity index is 3.01. The molecule has 0 saturated carbocycles. The molecule has 1 aromatic rings. The number of hydrogen-bond donors (Lipinski definition) is 2. The quantitative estimate of drug-likeness (QED) is 0.327. The van der Waals surface area contributed by atoms with Gasteiger partial charge in [0.2, 0.25) is 0 Å². The SMILES string of the molecule is CCOC(=O)[C@@H](NC(=O)C(Cl)Cl)[C@H](O)c1ccc([N+](=O)[O-])cc1. The summed E-state index contributed by atoms with van der Waals surface area (Å²) >= 11 is 10.8. The van der Waals surface area contributed by atoms with Crippen LogP contribution in [0.4, 0.5) is 5.69 Å². The first kappa shape index (κ1) is 19.1. The molecular weight excluding hydrogens is 351 g/mol. The molecule has 10 heteroatoms. The zero-order chi connectivity index (χ0) is 17.6. The molecule has 126 valence electrons. The van der Waals surface area contributed by atoms with E-state index >= 15 is 0 Å². The normalized spacial score (nSPS) is 13.3. The Hall–Kier alpha value is -1.90. The third-order valence-electron chi connectivity index (χ3n) is 2.80. The van der Waals surface area contributed by atoms with Crippen molar-refractivity contribution in [2.75, 3.05) is 6.61 Å². The Morgan fingerprint density at radius 1 is 1.35 bits per heavy atom. The predicted molar refractivity (Wildman–Crippen MR) is 82.1 cm³/mol. The van der Waals surface area contributed by atoms with Gasteiger partial charge in [-0.25, -0.2) is 4.79 Å². The maximum absolute atomic E-state index is 11.9. The van der Waals surface area contributed by atoms with Crippen molar-refractivity contribution in [1.29, 1.82) is 0 Å². The summed E-state index contributed by atoms with van der Waals surface area (Å²) < 4.78 is 4.78. The first-order valence-electron chi connectivity index (χ1n) is 6.45. The number of nitro benzene ring substituents is 1. The lowest BCUT2D eigenvalue weighted by Gasteiger charge is -2.23. The van der Waals surface area contributed by atoms with Gasteiger partial charge in [0.15, 0.2) is 10.9 Å². The lowest BCUT2D eigenvalue weighted by molar-refractivity contribution is -0.384. The van der Waals surface area contributed by atoms with Crippen molar-refractivity contribution in [3.63, 3.8) is 0 Å². The number of amides is 1. The van der Waals surface area contributed by atoms with Crippen LogP contribution < -0.4 is 5.32 Å². The van der Waals surface area contributed by atoms with Crippen molar-refractivity contribution < 1.29 is 24.4 Å². The van der Waals surface area contributed by atoms with Gasteiger partial charge in [-0.2, -0.15) is 0 Å². The van der Waals surface area contributed by atoms with Crippen LogP contribution in [0.3, 0.4) is 0 Å². The lowest BCUT2D eigenvalue weighted by Crippen LogP contribution is -2.47. The highest BCUT2D eigenvalue weighted by Crippen LogP contribution is 2.21. The number of benzene rings is 1. The predicted octanol–water partition coefficient (Wildman–Crippen LogP) is 1.48. The summed E-state index contributed by atoms with van der Waals surface area (Å²) in [7, 11) is 0. The molecule has 0 saturated heterocycles. The van der Waals surface area contributed by atoms with Gasteiger partial charge in [-0.15, -0.1) is 0 Å². The summed E-state index contributed by atoms with van der Waals surface area (Å²) in [6.07, 6.45) is -1.49. The van der Waals surface area contributed by atoms with Crippen molar-refractivity contribution in [2.45, 2.75) is 23.9 Å². The molecule has 1 amide bonds. The molecule has 1 aromatic carbocycles. The number of aliphatic hydroxyl groups is 1. The fourth-order valence-electron chi connectivity index (χ4n) is 1.70. The molecule has 8 nitrogen and oxygen atoms in total. The number of non-ortho nitro benzene ring substituents is 1. The second kappa shape index (κ2) is 8.66. The number of alkyl halides is 2. The minimum atomic E-state index is -1.49. The Bertz CT molecular complexity index is 578. The van der Waals surface area contributed by atoms with Crippen LogP contribution in [0.5, 0.6) is 0 Å². The van der Waals surface area contributed by atoms with E-state index in [9.17, 15) is 24.8 Å². The van der Waals surface area contributed by atoms with Crippen LogP contribution in [0.15, 0.2) is 24.3 Å². The van der Waals surface area contributed by atoms with E-state index in [4.69, 9.17) is 27.9 Å². The van der Waals surface area contributed by atoms with Gasteiger partial charge in [-0.1, -0.05) is 23.2 Å². The standard InChI is InChI=1S/C13H14Cl2N2O6/c1-2-23-13(20)9(16-12(19)11(14)15)10(18)7-3-5-8(6-4-7)17(21)22/h3-6,9-11,18H,2H2,1H3,(H,16,19)/t9-,10+/m0/s1. The number of ether oxygens (including phenoxy) is 1. The summed E-state index contributed by atoms with van der Waals surface area (Å²) in [4.78, 5) is 32.0. The minimum absolute atomic E-state index is 0.0311. The molecule has 23 heavy (non-hydrogen) atoms. The first-order chi connectivity index (χ1) is 10.8. The van der Waals surface area contributed by atoms with Crippen LogP contribution in [0.25, 0.3) is 0 Å². The molecule has 0 unspecified atom stereocenters. The second-order valence-corrected chi connectivity index (χ2v) is 5.43. The van der Waals surface area contributed by atoms with Crippen molar-refractivity contribution in [3.05, 3.63) is 39.9 Å². The number of nitrogens with zero attached hydrogens (tertiary/aromatic N) is 1. The first-order valence-corrected chi connectivity index (χ1v) is 7.32. The Kier molecular flexibility index (Phi) is 7.21. The number of carbonyl (C=O) groups excluding carboxylic acids is 2. The zero-order valence-electron chi connectivity index (χ0n) is 11.9. The molecule has 0 fully saturated rings. The number of aliphatic hydroxyl groups excluding tert-OH is 1. The number of carbonyl (C=O) groups is 2. The van der Waals surface area contributed by atoms with Crippen molar-refractivity contribution in [3.8, 4) is 0 Å². The van der Waals surface area contributed by atoms with Crippen molar-refractivity contribution in [1.82, 2.24) is 5.32 Å².